The van der Waals surface area contributed by atoms with Crippen molar-refractivity contribution in [3.8, 4) is 11.5 Å². The van der Waals surface area contributed by atoms with Crippen LogP contribution in [0.15, 0.2) is 71.5 Å². The van der Waals surface area contributed by atoms with Gasteiger partial charge in [0.25, 0.3) is 5.56 Å². The van der Waals surface area contributed by atoms with Crippen molar-refractivity contribution in [3.63, 3.8) is 0 Å². The lowest BCUT2D eigenvalue weighted by Gasteiger charge is -2.27. The van der Waals surface area contributed by atoms with E-state index in [4.69, 9.17) is 21.7 Å². The Labute approximate surface area is 210 Å². The number of benzene rings is 3. The van der Waals surface area contributed by atoms with Crippen molar-refractivity contribution >= 4 is 33.9 Å². The summed E-state index contributed by atoms with van der Waals surface area (Å²) >= 11 is 5.83. The highest BCUT2D eigenvalue weighted by Gasteiger charge is 2.16. The number of anilines is 1. The molecule has 7 heteroatoms. The van der Waals surface area contributed by atoms with Gasteiger partial charge in [-0.05, 0) is 79.0 Å². The molecule has 0 aliphatic heterocycles. The Morgan fingerprint density at radius 2 is 1.63 bits per heavy atom. The molecule has 4 aromatic rings. The fourth-order valence-corrected chi connectivity index (χ4v) is 4.21. The van der Waals surface area contributed by atoms with Crippen LogP contribution in [-0.2, 0) is 13.1 Å². The van der Waals surface area contributed by atoms with Crippen molar-refractivity contribution in [3.05, 3.63) is 99.3 Å². The average Bonchev–Trinajstić information content (AvgIpc) is 2.85. The van der Waals surface area contributed by atoms with Crippen LogP contribution >= 0.6 is 12.2 Å². The van der Waals surface area contributed by atoms with Gasteiger partial charge < -0.3 is 24.7 Å². The highest BCUT2D eigenvalue weighted by Crippen LogP contribution is 2.21. The zero-order valence-corrected chi connectivity index (χ0v) is 21.2. The first-order chi connectivity index (χ1) is 16.9. The summed E-state index contributed by atoms with van der Waals surface area (Å²) in [5.41, 5.74) is 5.50. The molecule has 0 atom stereocenters. The monoisotopic (exact) mass is 487 g/mol. The van der Waals surface area contributed by atoms with Crippen molar-refractivity contribution < 1.29 is 9.47 Å². The van der Waals surface area contributed by atoms with Crippen LogP contribution in [0, 0.1) is 13.8 Å². The minimum absolute atomic E-state index is 0.153. The predicted molar refractivity (Wildman–Crippen MR) is 145 cm³/mol. The second-order valence-corrected chi connectivity index (χ2v) is 8.92. The number of ether oxygens (including phenoxy) is 2. The van der Waals surface area contributed by atoms with Crippen LogP contribution in [0.3, 0.4) is 0 Å². The Kier molecular flexibility index (Phi) is 7.36. The van der Waals surface area contributed by atoms with E-state index < -0.39 is 0 Å². The quantitative estimate of drug-likeness (QED) is 0.333. The molecule has 1 heterocycles. The zero-order chi connectivity index (χ0) is 24.9. The molecule has 0 bridgehead atoms. The van der Waals surface area contributed by atoms with E-state index in [1.807, 2.05) is 72.5 Å². The van der Waals surface area contributed by atoms with Gasteiger partial charge in [-0.1, -0.05) is 29.8 Å². The Hall–Kier alpha value is -3.84. The number of thiocarbonyl (C=S) groups is 1. The van der Waals surface area contributed by atoms with Crippen LogP contribution in [0.5, 0.6) is 11.5 Å². The molecule has 6 nitrogen and oxygen atoms in total. The van der Waals surface area contributed by atoms with E-state index in [2.05, 4.69) is 23.3 Å². The van der Waals surface area contributed by atoms with E-state index in [0.717, 1.165) is 33.5 Å². The molecule has 0 amide bonds. The molecule has 0 aliphatic rings. The Balaban J connectivity index is 1.65. The lowest BCUT2D eigenvalue weighted by atomic mass is 10.1. The lowest BCUT2D eigenvalue weighted by molar-refractivity contribution is 0.406. The maximum absolute atomic E-state index is 13.0. The first kappa shape index (κ1) is 24.3. The number of hydrogen-bond acceptors (Lipinski definition) is 4. The Morgan fingerprint density at radius 1 is 0.914 bits per heavy atom. The summed E-state index contributed by atoms with van der Waals surface area (Å²) in [7, 11) is 3.25. The maximum Gasteiger partial charge on any atom is 0.253 e. The van der Waals surface area contributed by atoms with Gasteiger partial charge in [0.05, 0.1) is 26.3 Å². The molecular formula is C28H29N3O3S. The predicted octanol–water partition coefficient (Wildman–Crippen LogP) is 5.56. The highest BCUT2D eigenvalue weighted by molar-refractivity contribution is 7.80. The first-order valence-corrected chi connectivity index (χ1v) is 11.7. The van der Waals surface area contributed by atoms with Crippen molar-refractivity contribution in [2.24, 2.45) is 0 Å². The summed E-state index contributed by atoms with van der Waals surface area (Å²) in [5.74, 6) is 1.48. The minimum atomic E-state index is -0.153. The number of aromatic nitrogens is 1. The van der Waals surface area contributed by atoms with Gasteiger partial charge in [0, 0.05) is 23.9 Å². The van der Waals surface area contributed by atoms with Gasteiger partial charge in [-0.3, -0.25) is 4.79 Å². The smallest absolute Gasteiger partial charge is 0.253 e. The molecular weight excluding hydrogens is 458 g/mol. The van der Waals surface area contributed by atoms with E-state index in [9.17, 15) is 4.79 Å². The number of aromatic amines is 1. The van der Waals surface area contributed by atoms with E-state index in [-0.39, 0.29) is 5.56 Å². The normalized spacial score (nSPS) is 10.7. The molecule has 1 aromatic heterocycles. The first-order valence-electron chi connectivity index (χ1n) is 11.3. The fraction of sp³-hybridized carbons (Fsp3) is 0.214. The van der Waals surface area contributed by atoms with Crippen molar-refractivity contribution in [1.29, 1.82) is 0 Å². The maximum atomic E-state index is 13.0. The number of H-pyrrole nitrogens is 1. The van der Waals surface area contributed by atoms with Gasteiger partial charge in [-0.2, -0.15) is 0 Å². The molecule has 3 aromatic carbocycles. The van der Waals surface area contributed by atoms with Crippen molar-refractivity contribution in [2.45, 2.75) is 26.9 Å². The van der Waals surface area contributed by atoms with Crippen molar-refractivity contribution in [2.75, 3.05) is 19.5 Å². The molecule has 35 heavy (non-hydrogen) atoms. The Bertz CT molecular complexity index is 1410. The van der Waals surface area contributed by atoms with Crippen molar-refractivity contribution in [1.82, 2.24) is 9.88 Å². The second-order valence-electron chi connectivity index (χ2n) is 8.53. The molecule has 0 saturated carbocycles. The number of rotatable bonds is 7. The molecule has 0 fully saturated rings. The molecule has 0 radical (unpaired) electrons. The van der Waals surface area contributed by atoms with Crippen LogP contribution in [0.4, 0.5) is 5.69 Å². The van der Waals surface area contributed by atoms with Crippen LogP contribution in [-0.4, -0.2) is 29.2 Å². The number of pyridine rings is 1. The van der Waals surface area contributed by atoms with Crippen LogP contribution in [0.2, 0.25) is 0 Å². The van der Waals surface area contributed by atoms with Crippen LogP contribution < -0.4 is 20.3 Å². The summed E-state index contributed by atoms with van der Waals surface area (Å²) in [5, 5.41) is 4.85. The van der Waals surface area contributed by atoms with E-state index in [1.165, 1.54) is 5.56 Å². The number of nitrogens with one attached hydrogen (secondary N) is 2. The summed E-state index contributed by atoms with van der Waals surface area (Å²) in [6, 6.07) is 21.6. The SMILES string of the molecule is COc1ccc(CN(Cc2cc3ccc(OC)cc3[nH]c2=O)C(=S)Nc2ccc(C)cc2C)cc1. The van der Waals surface area contributed by atoms with E-state index in [1.54, 1.807) is 14.2 Å². The van der Waals surface area contributed by atoms with E-state index in [0.29, 0.717) is 29.5 Å². The summed E-state index contributed by atoms with van der Waals surface area (Å²) in [4.78, 5) is 17.9. The third kappa shape index (κ3) is 5.81. The number of aryl methyl sites for hydroxylation is 2. The topological polar surface area (TPSA) is 66.6 Å². The average molecular weight is 488 g/mol. The second kappa shape index (κ2) is 10.6. The van der Waals surface area contributed by atoms with Gasteiger partial charge in [-0.15, -0.1) is 0 Å². The molecule has 0 spiro atoms. The molecule has 2 N–H and O–H groups in total. The minimum Gasteiger partial charge on any atom is -0.497 e. The highest BCUT2D eigenvalue weighted by atomic mass is 32.1. The largest absolute Gasteiger partial charge is 0.497 e. The van der Waals surface area contributed by atoms with Gasteiger partial charge in [0.15, 0.2) is 5.11 Å². The molecule has 0 aliphatic carbocycles. The molecule has 0 unspecified atom stereocenters. The zero-order valence-electron chi connectivity index (χ0n) is 20.3. The van der Waals surface area contributed by atoms with Gasteiger partial charge in [0.2, 0.25) is 0 Å². The third-order valence-electron chi connectivity index (χ3n) is 5.93. The molecule has 180 valence electrons. The standard InChI is InChI=1S/C28H29N3O3S/c1-18-5-12-25(19(2)13-18)30-28(35)31(16-20-6-9-23(33-3)10-7-20)17-22-14-21-8-11-24(34-4)15-26(21)29-27(22)32/h5-15H,16-17H2,1-4H3,(H,29,32)(H,30,35). The number of methoxy groups -OCH3 is 2. The summed E-state index contributed by atoms with van der Waals surface area (Å²) in [6.45, 7) is 4.99. The Morgan fingerprint density at radius 3 is 2.31 bits per heavy atom. The fourth-order valence-electron chi connectivity index (χ4n) is 3.97. The number of hydrogen-bond donors (Lipinski definition) is 2. The van der Waals surface area contributed by atoms with Crippen LogP contribution in [0.1, 0.15) is 22.3 Å². The van der Waals surface area contributed by atoms with Gasteiger partial charge in [-0.25, -0.2) is 0 Å². The number of fused-ring (bicyclic) bond motifs is 1. The van der Waals surface area contributed by atoms with Gasteiger partial charge in [0.1, 0.15) is 11.5 Å². The van der Waals surface area contributed by atoms with E-state index >= 15 is 0 Å². The lowest BCUT2D eigenvalue weighted by Crippen LogP contribution is -2.35. The summed E-state index contributed by atoms with van der Waals surface area (Å²) < 4.78 is 10.6. The number of nitrogens with zero attached hydrogens (tertiary/aromatic N) is 1. The summed E-state index contributed by atoms with van der Waals surface area (Å²) in [6.07, 6.45) is 0. The molecule has 0 saturated heterocycles. The third-order valence-corrected chi connectivity index (χ3v) is 6.29. The molecule has 4 rings (SSSR count). The van der Waals surface area contributed by atoms with Crippen LogP contribution in [0.25, 0.3) is 10.9 Å². The van der Waals surface area contributed by atoms with Gasteiger partial charge >= 0.3 is 0 Å².